The standard InChI is InChI=1S/C15H20FN3O2/c1-2-19-9-5-6-11(19)10-17-14(20)15(21)18-13-8-4-3-7-12(13)16/h3-4,7-8,11H,2,5-6,9-10H2,1H3,(H,17,20)(H,18,21)/p+1/t11-/m1/s1. The van der Waals surface area contributed by atoms with E-state index >= 15 is 0 Å². The molecule has 1 aromatic rings. The van der Waals surface area contributed by atoms with E-state index in [-0.39, 0.29) is 5.69 Å². The largest absolute Gasteiger partial charge is 0.342 e. The predicted molar refractivity (Wildman–Crippen MR) is 77.4 cm³/mol. The summed E-state index contributed by atoms with van der Waals surface area (Å²) in [7, 11) is 0. The number of nitrogens with one attached hydrogen (secondary N) is 3. The van der Waals surface area contributed by atoms with Gasteiger partial charge in [-0.15, -0.1) is 0 Å². The summed E-state index contributed by atoms with van der Waals surface area (Å²) in [6.45, 7) is 4.72. The van der Waals surface area contributed by atoms with Gasteiger partial charge in [-0.05, 0) is 19.1 Å². The van der Waals surface area contributed by atoms with Crippen LogP contribution in [-0.4, -0.2) is 37.5 Å². The molecule has 0 saturated carbocycles. The summed E-state index contributed by atoms with van der Waals surface area (Å²) >= 11 is 0. The van der Waals surface area contributed by atoms with Gasteiger partial charge in [0.15, 0.2) is 0 Å². The first-order valence-electron chi connectivity index (χ1n) is 7.30. The lowest BCUT2D eigenvalue weighted by atomic mass is 10.2. The summed E-state index contributed by atoms with van der Waals surface area (Å²) < 4.78 is 13.4. The van der Waals surface area contributed by atoms with E-state index in [2.05, 4.69) is 17.6 Å². The zero-order valence-corrected chi connectivity index (χ0v) is 12.1. The highest BCUT2D eigenvalue weighted by molar-refractivity contribution is 6.39. The summed E-state index contributed by atoms with van der Waals surface area (Å²) in [5, 5.41) is 4.91. The Bertz CT molecular complexity index is 521. The van der Waals surface area contributed by atoms with Gasteiger partial charge >= 0.3 is 11.8 Å². The molecule has 3 N–H and O–H groups in total. The number of amides is 2. The molecule has 0 aliphatic carbocycles. The Morgan fingerprint density at radius 3 is 2.81 bits per heavy atom. The number of likely N-dealkylation sites (tertiary alicyclic amines) is 1. The van der Waals surface area contributed by atoms with Gasteiger partial charge in [-0.1, -0.05) is 12.1 Å². The average Bonchev–Trinajstić information content (AvgIpc) is 2.94. The van der Waals surface area contributed by atoms with E-state index < -0.39 is 17.6 Å². The van der Waals surface area contributed by atoms with Crippen molar-refractivity contribution in [1.29, 1.82) is 0 Å². The molecule has 0 aromatic heterocycles. The fraction of sp³-hybridized carbons (Fsp3) is 0.467. The normalized spacial score (nSPS) is 21.0. The van der Waals surface area contributed by atoms with Crippen LogP contribution in [0.4, 0.5) is 10.1 Å². The quantitative estimate of drug-likeness (QED) is 0.682. The maximum absolute atomic E-state index is 13.4. The van der Waals surface area contributed by atoms with Crippen LogP contribution in [0.1, 0.15) is 19.8 Å². The number of likely N-dealkylation sites (N-methyl/N-ethyl adjacent to an activating group) is 1. The molecule has 21 heavy (non-hydrogen) atoms. The summed E-state index contributed by atoms with van der Waals surface area (Å²) in [5.74, 6) is -2.12. The van der Waals surface area contributed by atoms with Gasteiger partial charge in [0, 0.05) is 12.8 Å². The van der Waals surface area contributed by atoms with E-state index in [0.717, 1.165) is 25.9 Å². The molecule has 0 spiro atoms. The first kappa shape index (κ1) is 15.4. The summed E-state index contributed by atoms with van der Waals surface area (Å²) in [6.07, 6.45) is 2.20. The molecule has 2 atom stereocenters. The number of anilines is 1. The molecule has 5 nitrogen and oxygen atoms in total. The Labute approximate surface area is 123 Å². The molecule has 1 heterocycles. The zero-order valence-electron chi connectivity index (χ0n) is 12.1. The lowest BCUT2D eigenvalue weighted by Crippen LogP contribution is -3.14. The third-order valence-electron chi connectivity index (χ3n) is 3.92. The number of benzene rings is 1. The SMILES string of the molecule is CC[NH+]1CCC[C@@H]1CNC(=O)C(=O)Nc1ccccc1F. The van der Waals surface area contributed by atoms with E-state index in [1.54, 1.807) is 6.07 Å². The summed E-state index contributed by atoms with van der Waals surface area (Å²) in [6, 6.07) is 6.13. The van der Waals surface area contributed by atoms with Crippen LogP contribution in [0.2, 0.25) is 0 Å². The third-order valence-corrected chi connectivity index (χ3v) is 3.92. The zero-order chi connectivity index (χ0) is 15.2. The van der Waals surface area contributed by atoms with Crippen LogP contribution in [-0.2, 0) is 9.59 Å². The van der Waals surface area contributed by atoms with Crippen molar-refractivity contribution in [3.8, 4) is 0 Å². The second-order valence-electron chi connectivity index (χ2n) is 5.24. The molecule has 6 heteroatoms. The van der Waals surface area contributed by atoms with Crippen LogP contribution in [0, 0.1) is 5.82 Å². The second-order valence-corrected chi connectivity index (χ2v) is 5.24. The Balaban J connectivity index is 1.83. The van der Waals surface area contributed by atoms with Crippen LogP contribution < -0.4 is 15.5 Å². The first-order chi connectivity index (χ1) is 10.1. The number of rotatable bonds is 4. The molecule has 1 aromatic carbocycles. The molecule has 114 valence electrons. The summed E-state index contributed by atoms with van der Waals surface area (Å²) in [4.78, 5) is 24.9. The lowest BCUT2D eigenvalue weighted by molar-refractivity contribution is -0.909. The van der Waals surface area contributed by atoms with Gasteiger partial charge in [0.2, 0.25) is 0 Å². The van der Waals surface area contributed by atoms with E-state index in [9.17, 15) is 14.0 Å². The fourth-order valence-corrected chi connectivity index (χ4v) is 2.73. The number of hydrogen-bond acceptors (Lipinski definition) is 2. The van der Waals surface area contributed by atoms with Crippen LogP contribution in [0.15, 0.2) is 24.3 Å². The van der Waals surface area contributed by atoms with Gasteiger partial charge < -0.3 is 15.5 Å². The van der Waals surface area contributed by atoms with Crippen LogP contribution >= 0.6 is 0 Å². The van der Waals surface area contributed by atoms with Crippen molar-refractivity contribution in [2.75, 3.05) is 25.0 Å². The smallest absolute Gasteiger partial charge is 0.313 e. The van der Waals surface area contributed by atoms with Crippen molar-refractivity contribution in [3.05, 3.63) is 30.1 Å². The monoisotopic (exact) mass is 294 g/mol. The highest BCUT2D eigenvalue weighted by Gasteiger charge is 2.28. The molecule has 0 radical (unpaired) electrons. The van der Waals surface area contributed by atoms with Gasteiger partial charge in [0.05, 0.1) is 25.3 Å². The number of halogens is 1. The maximum atomic E-state index is 13.4. The van der Waals surface area contributed by atoms with E-state index in [4.69, 9.17) is 0 Å². The topological polar surface area (TPSA) is 62.6 Å². The Hall–Kier alpha value is -1.95. The van der Waals surface area contributed by atoms with Gasteiger partial charge in [-0.3, -0.25) is 9.59 Å². The third kappa shape index (κ3) is 4.01. The Morgan fingerprint density at radius 2 is 2.10 bits per heavy atom. The molecule has 0 bridgehead atoms. The Morgan fingerprint density at radius 1 is 1.33 bits per heavy atom. The Kier molecular flexibility index (Phi) is 5.27. The van der Waals surface area contributed by atoms with Gasteiger partial charge in [0.1, 0.15) is 11.9 Å². The molecule has 1 unspecified atom stereocenters. The van der Waals surface area contributed by atoms with Crippen molar-refractivity contribution < 1.29 is 18.9 Å². The van der Waals surface area contributed by atoms with Gasteiger partial charge in [-0.25, -0.2) is 4.39 Å². The van der Waals surface area contributed by atoms with E-state index in [0.29, 0.717) is 12.6 Å². The molecule has 1 aliphatic rings. The number of para-hydroxylation sites is 1. The number of hydrogen-bond donors (Lipinski definition) is 3. The van der Waals surface area contributed by atoms with Crippen LogP contribution in [0.5, 0.6) is 0 Å². The van der Waals surface area contributed by atoms with Crippen molar-refractivity contribution in [3.63, 3.8) is 0 Å². The molecular formula is C15H21FN3O2+. The molecule has 2 amide bonds. The molecule has 2 rings (SSSR count). The van der Waals surface area contributed by atoms with E-state index in [1.807, 2.05) is 0 Å². The van der Waals surface area contributed by atoms with Crippen molar-refractivity contribution in [1.82, 2.24) is 5.32 Å². The second kappa shape index (κ2) is 7.17. The van der Waals surface area contributed by atoms with Crippen LogP contribution in [0.3, 0.4) is 0 Å². The lowest BCUT2D eigenvalue weighted by Gasteiger charge is -2.19. The first-order valence-corrected chi connectivity index (χ1v) is 7.30. The van der Waals surface area contributed by atoms with Gasteiger partial charge in [-0.2, -0.15) is 0 Å². The predicted octanol–water partition coefficient (Wildman–Crippen LogP) is -0.0524. The van der Waals surface area contributed by atoms with Gasteiger partial charge in [0.25, 0.3) is 0 Å². The van der Waals surface area contributed by atoms with Crippen molar-refractivity contribution >= 4 is 17.5 Å². The van der Waals surface area contributed by atoms with Crippen LogP contribution in [0.25, 0.3) is 0 Å². The minimum Gasteiger partial charge on any atom is -0.342 e. The molecule has 1 aliphatic heterocycles. The summed E-state index contributed by atoms with van der Waals surface area (Å²) in [5.41, 5.74) is 0.0133. The molecule has 1 fully saturated rings. The number of carbonyl (C=O) groups excluding carboxylic acids is 2. The number of carbonyl (C=O) groups is 2. The van der Waals surface area contributed by atoms with E-state index in [1.165, 1.54) is 23.1 Å². The average molecular weight is 294 g/mol. The fourth-order valence-electron chi connectivity index (χ4n) is 2.73. The highest BCUT2D eigenvalue weighted by Crippen LogP contribution is 2.11. The molecule has 1 saturated heterocycles. The minimum atomic E-state index is -0.837. The highest BCUT2D eigenvalue weighted by atomic mass is 19.1. The minimum absolute atomic E-state index is 0.0133. The maximum Gasteiger partial charge on any atom is 0.313 e. The van der Waals surface area contributed by atoms with Crippen molar-refractivity contribution in [2.45, 2.75) is 25.8 Å². The molecular weight excluding hydrogens is 273 g/mol. The van der Waals surface area contributed by atoms with Crippen molar-refractivity contribution in [2.24, 2.45) is 0 Å². The number of quaternary nitrogens is 1.